The molecule has 0 radical (unpaired) electrons. The Morgan fingerprint density at radius 1 is 1.25 bits per heavy atom. The highest BCUT2D eigenvalue weighted by molar-refractivity contribution is 6.16. The molecule has 100 valence electrons. The van der Waals surface area contributed by atoms with Crippen LogP contribution in [0.15, 0.2) is 48.3 Å². The number of ketones is 1. The van der Waals surface area contributed by atoms with E-state index < -0.39 is 6.04 Å². The fraction of sp³-hybridized carbons (Fsp3) is 0.125. The number of fused-ring (bicyclic) bond motifs is 1. The number of methoxy groups -OCH3 is 1. The van der Waals surface area contributed by atoms with Gasteiger partial charge in [-0.2, -0.15) is 0 Å². The molecular formula is C16H14N2O2. The zero-order valence-electron chi connectivity index (χ0n) is 11.0. The van der Waals surface area contributed by atoms with Crippen molar-refractivity contribution in [1.29, 1.82) is 0 Å². The van der Waals surface area contributed by atoms with Crippen LogP contribution in [0.5, 0.6) is 5.75 Å². The molecule has 1 atom stereocenters. The van der Waals surface area contributed by atoms with Crippen LogP contribution in [0, 0.1) is 0 Å². The molecule has 0 aliphatic heterocycles. The molecule has 4 heteroatoms. The maximum absolute atomic E-state index is 12.4. The minimum Gasteiger partial charge on any atom is -0.497 e. The van der Waals surface area contributed by atoms with E-state index in [1.165, 1.54) is 0 Å². The van der Waals surface area contributed by atoms with Crippen molar-refractivity contribution in [3.05, 3.63) is 65.0 Å². The number of carbonyl (C=O) groups excluding carboxylic acids is 1. The van der Waals surface area contributed by atoms with Gasteiger partial charge in [0.05, 0.1) is 13.2 Å². The second-order valence-electron chi connectivity index (χ2n) is 4.64. The zero-order chi connectivity index (χ0) is 14.1. The number of hydrogen-bond acceptors (Lipinski definition) is 4. The Kier molecular flexibility index (Phi) is 3.08. The monoisotopic (exact) mass is 266 g/mol. The average Bonchev–Trinajstić information content (AvgIpc) is 2.73. The fourth-order valence-electron chi connectivity index (χ4n) is 2.39. The van der Waals surface area contributed by atoms with Crippen LogP contribution in [0.25, 0.3) is 6.08 Å². The third-order valence-electron chi connectivity index (χ3n) is 3.46. The van der Waals surface area contributed by atoms with Crippen LogP contribution >= 0.6 is 0 Å². The predicted octanol–water partition coefficient (Wildman–Crippen LogP) is 2.37. The smallest absolute Gasteiger partial charge is 0.191 e. The van der Waals surface area contributed by atoms with Crippen molar-refractivity contribution in [3.63, 3.8) is 0 Å². The summed E-state index contributed by atoms with van der Waals surface area (Å²) in [6.07, 6.45) is 5.20. The van der Waals surface area contributed by atoms with Crippen molar-refractivity contribution in [3.8, 4) is 5.75 Å². The first-order chi connectivity index (χ1) is 9.70. The standard InChI is InChI=1S/C16H14N2O2/c1-20-11-2-3-12-13(9-11)15(17)14(16(12)19)8-10-4-6-18-7-5-10/h2-9,15H,17H2,1H3/b14-8+. The summed E-state index contributed by atoms with van der Waals surface area (Å²) < 4.78 is 5.18. The van der Waals surface area contributed by atoms with E-state index >= 15 is 0 Å². The lowest BCUT2D eigenvalue weighted by Gasteiger charge is -2.07. The molecule has 2 aromatic rings. The summed E-state index contributed by atoms with van der Waals surface area (Å²) in [6.45, 7) is 0. The number of nitrogens with zero attached hydrogens (tertiary/aromatic N) is 1. The highest BCUT2D eigenvalue weighted by atomic mass is 16.5. The van der Waals surface area contributed by atoms with Crippen molar-refractivity contribution >= 4 is 11.9 Å². The van der Waals surface area contributed by atoms with Crippen molar-refractivity contribution in [2.45, 2.75) is 6.04 Å². The molecule has 1 unspecified atom stereocenters. The maximum Gasteiger partial charge on any atom is 0.191 e. The van der Waals surface area contributed by atoms with Crippen molar-refractivity contribution < 1.29 is 9.53 Å². The van der Waals surface area contributed by atoms with Crippen LogP contribution in [0.4, 0.5) is 0 Å². The molecule has 0 saturated carbocycles. The largest absolute Gasteiger partial charge is 0.497 e. The van der Waals surface area contributed by atoms with E-state index in [9.17, 15) is 4.79 Å². The molecule has 0 amide bonds. The number of benzene rings is 1. The molecule has 1 aliphatic rings. The SMILES string of the molecule is COc1ccc2c(c1)C(N)/C(=C\c1ccncc1)C2=O. The molecule has 4 nitrogen and oxygen atoms in total. The Hall–Kier alpha value is -2.46. The normalized spacial score (nSPS) is 19.2. The molecule has 0 fully saturated rings. The van der Waals surface area contributed by atoms with E-state index in [0.717, 1.165) is 11.1 Å². The lowest BCUT2D eigenvalue weighted by molar-refractivity contribution is 0.103. The molecule has 3 rings (SSSR count). The van der Waals surface area contributed by atoms with Gasteiger partial charge in [0.15, 0.2) is 5.78 Å². The van der Waals surface area contributed by atoms with E-state index in [4.69, 9.17) is 10.5 Å². The number of ether oxygens (including phenoxy) is 1. The molecule has 0 saturated heterocycles. The van der Waals surface area contributed by atoms with Crippen molar-refractivity contribution in [1.82, 2.24) is 4.98 Å². The fourth-order valence-corrected chi connectivity index (χ4v) is 2.39. The summed E-state index contributed by atoms with van der Waals surface area (Å²) in [5, 5.41) is 0. The molecule has 0 bridgehead atoms. The molecule has 1 aromatic carbocycles. The molecule has 2 N–H and O–H groups in total. The maximum atomic E-state index is 12.4. The summed E-state index contributed by atoms with van der Waals surface area (Å²) >= 11 is 0. The predicted molar refractivity (Wildman–Crippen MR) is 76.5 cm³/mol. The number of nitrogens with two attached hydrogens (primary N) is 1. The summed E-state index contributed by atoms with van der Waals surface area (Å²) in [7, 11) is 1.59. The number of Topliss-reactive ketones (excluding diaryl/α,β-unsaturated/α-hetero) is 1. The average molecular weight is 266 g/mol. The Labute approximate surface area is 116 Å². The molecule has 0 spiro atoms. The molecule has 20 heavy (non-hydrogen) atoms. The van der Waals surface area contributed by atoms with Gasteiger partial charge in [-0.05, 0) is 47.5 Å². The lowest BCUT2D eigenvalue weighted by atomic mass is 10.0. The van der Waals surface area contributed by atoms with Gasteiger partial charge >= 0.3 is 0 Å². The number of aromatic nitrogens is 1. The van der Waals surface area contributed by atoms with Gasteiger partial charge in [0.2, 0.25) is 0 Å². The zero-order valence-corrected chi connectivity index (χ0v) is 11.0. The Balaban J connectivity index is 2.05. The van der Waals surface area contributed by atoms with Crippen LogP contribution in [0.2, 0.25) is 0 Å². The van der Waals surface area contributed by atoms with Crippen LogP contribution in [0.3, 0.4) is 0 Å². The first-order valence-corrected chi connectivity index (χ1v) is 6.30. The first-order valence-electron chi connectivity index (χ1n) is 6.30. The quantitative estimate of drug-likeness (QED) is 0.847. The Morgan fingerprint density at radius 2 is 2.00 bits per heavy atom. The van der Waals surface area contributed by atoms with Crippen molar-refractivity contribution in [2.75, 3.05) is 7.11 Å². The highest BCUT2D eigenvalue weighted by Crippen LogP contribution is 2.36. The summed E-state index contributed by atoms with van der Waals surface area (Å²) in [4.78, 5) is 16.4. The number of hydrogen-bond donors (Lipinski definition) is 1. The minimum absolute atomic E-state index is 0.0213. The molecule has 1 heterocycles. The van der Waals surface area contributed by atoms with Crippen LogP contribution in [-0.4, -0.2) is 17.9 Å². The number of carbonyl (C=O) groups is 1. The number of rotatable bonds is 2. The lowest BCUT2D eigenvalue weighted by Crippen LogP contribution is -2.10. The van der Waals surface area contributed by atoms with E-state index in [1.54, 1.807) is 31.6 Å². The molecule has 1 aromatic heterocycles. The van der Waals surface area contributed by atoms with Crippen molar-refractivity contribution in [2.24, 2.45) is 5.73 Å². The van der Waals surface area contributed by atoms with E-state index in [0.29, 0.717) is 16.9 Å². The van der Waals surface area contributed by atoms with Gasteiger partial charge in [0.1, 0.15) is 5.75 Å². The highest BCUT2D eigenvalue weighted by Gasteiger charge is 2.32. The van der Waals surface area contributed by atoms with E-state index in [-0.39, 0.29) is 5.78 Å². The third kappa shape index (κ3) is 2.00. The Bertz CT molecular complexity index is 693. The van der Waals surface area contributed by atoms with Crippen LogP contribution in [0.1, 0.15) is 27.5 Å². The minimum atomic E-state index is -0.416. The molecule has 1 aliphatic carbocycles. The van der Waals surface area contributed by atoms with Gasteiger partial charge in [-0.3, -0.25) is 9.78 Å². The second kappa shape index (κ2) is 4.90. The van der Waals surface area contributed by atoms with Gasteiger partial charge in [-0.15, -0.1) is 0 Å². The van der Waals surface area contributed by atoms with Gasteiger partial charge in [0, 0.05) is 23.5 Å². The Morgan fingerprint density at radius 3 is 2.70 bits per heavy atom. The van der Waals surface area contributed by atoms with Gasteiger partial charge in [-0.1, -0.05) is 0 Å². The van der Waals surface area contributed by atoms with Crippen LogP contribution in [-0.2, 0) is 0 Å². The third-order valence-corrected chi connectivity index (χ3v) is 3.46. The van der Waals surface area contributed by atoms with E-state index in [2.05, 4.69) is 4.98 Å². The van der Waals surface area contributed by atoms with Crippen LogP contribution < -0.4 is 10.5 Å². The summed E-state index contributed by atoms with van der Waals surface area (Å²) in [5.74, 6) is 0.684. The summed E-state index contributed by atoms with van der Waals surface area (Å²) in [6, 6.07) is 8.64. The van der Waals surface area contributed by atoms with Gasteiger partial charge < -0.3 is 10.5 Å². The topological polar surface area (TPSA) is 65.2 Å². The molecular weight excluding hydrogens is 252 g/mol. The second-order valence-corrected chi connectivity index (χ2v) is 4.64. The van der Waals surface area contributed by atoms with Gasteiger partial charge in [0.25, 0.3) is 0 Å². The number of pyridine rings is 1. The first kappa shape index (κ1) is 12.6. The van der Waals surface area contributed by atoms with E-state index in [1.807, 2.05) is 24.3 Å². The van der Waals surface area contributed by atoms with Gasteiger partial charge in [-0.25, -0.2) is 0 Å². The summed E-state index contributed by atoms with van der Waals surface area (Å²) in [5.41, 5.74) is 9.17.